The summed E-state index contributed by atoms with van der Waals surface area (Å²) in [6.07, 6.45) is 1.72. The number of hydrogen-bond acceptors (Lipinski definition) is 3. The average molecular weight is 336 g/mol. The maximum atomic E-state index is 5.63. The number of aromatic nitrogens is 1. The van der Waals surface area contributed by atoms with Gasteiger partial charge in [0.05, 0.1) is 0 Å². The number of thiocarbonyl (C=S) groups is 1. The number of nitrogens with two attached hydrogens (primary N) is 1. The molecule has 0 saturated carbocycles. The molecule has 2 rings (SSSR count). The summed E-state index contributed by atoms with van der Waals surface area (Å²) in [5, 5.41) is 0. The fourth-order valence-corrected chi connectivity index (χ4v) is 2.34. The molecule has 0 radical (unpaired) electrons. The second-order valence-electron chi connectivity index (χ2n) is 4.25. The van der Waals surface area contributed by atoms with Crippen molar-refractivity contribution in [2.45, 2.75) is 6.54 Å². The lowest BCUT2D eigenvalue weighted by Crippen LogP contribution is -2.19. The van der Waals surface area contributed by atoms with E-state index in [0.29, 0.717) is 4.99 Å². The van der Waals surface area contributed by atoms with Crippen LogP contribution >= 0.6 is 28.1 Å². The third kappa shape index (κ3) is 3.75. The highest BCUT2D eigenvalue weighted by Crippen LogP contribution is 2.17. The Labute approximate surface area is 126 Å². The van der Waals surface area contributed by atoms with E-state index < -0.39 is 0 Å². The van der Waals surface area contributed by atoms with E-state index in [-0.39, 0.29) is 0 Å². The summed E-state index contributed by atoms with van der Waals surface area (Å²) in [6.45, 7) is 0.771. The van der Waals surface area contributed by atoms with Crippen LogP contribution in [0.4, 0.5) is 5.82 Å². The van der Waals surface area contributed by atoms with Crippen LogP contribution in [0.5, 0.6) is 0 Å². The zero-order chi connectivity index (χ0) is 13.8. The number of rotatable bonds is 4. The topological polar surface area (TPSA) is 42.1 Å². The lowest BCUT2D eigenvalue weighted by molar-refractivity contribution is 0.897. The van der Waals surface area contributed by atoms with Crippen molar-refractivity contribution >= 4 is 39.0 Å². The van der Waals surface area contributed by atoms with Crippen molar-refractivity contribution in [1.29, 1.82) is 0 Å². The molecule has 2 N–H and O–H groups in total. The van der Waals surface area contributed by atoms with E-state index in [4.69, 9.17) is 18.0 Å². The maximum absolute atomic E-state index is 5.63. The van der Waals surface area contributed by atoms with Crippen molar-refractivity contribution in [2.75, 3.05) is 11.9 Å². The zero-order valence-corrected chi connectivity index (χ0v) is 12.9. The molecule has 0 fully saturated rings. The van der Waals surface area contributed by atoms with Gasteiger partial charge in [-0.15, -0.1) is 0 Å². The van der Waals surface area contributed by atoms with Crippen LogP contribution in [0.15, 0.2) is 47.1 Å². The first-order valence-corrected chi connectivity index (χ1v) is 6.98. The van der Waals surface area contributed by atoms with Crippen molar-refractivity contribution in [3.63, 3.8) is 0 Å². The third-order valence-corrected chi connectivity index (χ3v) is 3.46. The molecule has 0 aliphatic heterocycles. The molecule has 19 heavy (non-hydrogen) atoms. The minimum atomic E-state index is 0.388. The summed E-state index contributed by atoms with van der Waals surface area (Å²) >= 11 is 8.45. The number of hydrogen-bond donors (Lipinski definition) is 1. The molecule has 0 aliphatic rings. The van der Waals surface area contributed by atoms with E-state index in [0.717, 1.165) is 22.4 Å². The largest absolute Gasteiger partial charge is 0.389 e. The number of nitrogens with zero attached hydrogens (tertiary/aromatic N) is 2. The molecule has 0 saturated heterocycles. The summed E-state index contributed by atoms with van der Waals surface area (Å²) in [7, 11) is 1.99. The molecule has 0 atom stereocenters. The van der Waals surface area contributed by atoms with E-state index in [9.17, 15) is 0 Å². The minimum Gasteiger partial charge on any atom is -0.389 e. The fourth-order valence-electron chi connectivity index (χ4n) is 1.77. The van der Waals surface area contributed by atoms with E-state index in [2.05, 4.69) is 37.9 Å². The van der Waals surface area contributed by atoms with Gasteiger partial charge in [0.15, 0.2) is 0 Å². The first kappa shape index (κ1) is 14.0. The van der Waals surface area contributed by atoms with Gasteiger partial charge in [0.25, 0.3) is 0 Å². The van der Waals surface area contributed by atoms with Gasteiger partial charge in [-0.05, 0) is 29.8 Å². The number of anilines is 1. The second kappa shape index (κ2) is 6.12. The zero-order valence-electron chi connectivity index (χ0n) is 10.5. The van der Waals surface area contributed by atoms with E-state index >= 15 is 0 Å². The summed E-state index contributed by atoms with van der Waals surface area (Å²) in [6, 6.07) is 11.9. The summed E-state index contributed by atoms with van der Waals surface area (Å²) in [5.74, 6) is 0.852. The molecule has 2 aromatic rings. The second-order valence-corrected chi connectivity index (χ2v) is 5.61. The molecule has 0 spiro atoms. The predicted octanol–water partition coefficient (Wildman–Crippen LogP) is 3.11. The number of benzene rings is 1. The van der Waals surface area contributed by atoms with Gasteiger partial charge in [-0.1, -0.05) is 40.3 Å². The summed E-state index contributed by atoms with van der Waals surface area (Å²) in [4.78, 5) is 6.79. The quantitative estimate of drug-likeness (QED) is 0.871. The Morgan fingerprint density at radius 2 is 2.16 bits per heavy atom. The lowest BCUT2D eigenvalue weighted by atomic mass is 10.2. The average Bonchev–Trinajstić information content (AvgIpc) is 2.39. The first-order valence-electron chi connectivity index (χ1n) is 5.77. The first-order chi connectivity index (χ1) is 9.06. The highest BCUT2D eigenvalue weighted by Gasteiger charge is 2.06. The minimum absolute atomic E-state index is 0.388. The van der Waals surface area contributed by atoms with Crippen molar-refractivity contribution in [3.05, 3.63) is 58.2 Å². The molecule has 0 amide bonds. The molecule has 5 heteroatoms. The lowest BCUT2D eigenvalue weighted by Gasteiger charge is -2.19. The van der Waals surface area contributed by atoms with Crippen LogP contribution in [0.3, 0.4) is 0 Å². The van der Waals surface area contributed by atoms with Gasteiger partial charge >= 0.3 is 0 Å². The highest BCUT2D eigenvalue weighted by molar-refractivity contribution is 9.10. The molecular weight excluding hydrogens is 322 g/mol. The van der Waals surface area contributed by atoms with Gasteiger partial charge in [-0.3, -0.25) is 0 Å². The molecule has 1 heterocycles. The third-order valence-electron chi connectivity index (χ3n) is 2.73. The van der Waals surface area contributed by atoms with E-state index in [1.54, 1.807) is 6.20 Å². The Hall–Kier alpha value is -1.46. The highest BCUT2D eigenvalue weighted by atomic mass is 79.9. The van der Waals surface area contributed by atoms with Crippen molar-refractivity contribution < 1.29 is 0 Å². The molecular formula is C14H14BrN3S. The molecule has 3 nitrogen and oxygen atoms in total. The monoisotopic (exact) mass is 335 g/mol. The fraction of sp³-hybridized carbons (Fsp3) is 0.143. The SMILES string of the molecule is CN(Cc1cccc(Br)c1)c1cc(C(N)=S)ccn1. The Morgan fingerprint density at radius 1 is 1.37 bits per heavy atom. The predicted molar refractivity (Wildman–Crippen MR) is 86.4 cm³/mol. The number of pyridine rings is 1. The summed E-state index contributed by atoms with van der Waals surface area (Å²) < 4.78 is 1.07. The Morgan fingerprint density at radius 3 is 2.84 bits per heavy atom. The van der Waals surface area contributed by atoms with Crippen LogP contribution < -0.4 is 10.6 Å². The smallest absolute Gasteiger partial charge is 0.129 e. The molecule has 0 unspecified atom stereocenters. The van der Waals surface area contributed by atoms with Crippen molar-refractivity contribution in [1.82, 2.24) is 4.98 Å². The van der Waals surface area contributed by atoms with Crippen molar-refractivity contribution in [3.8, 4) is 0 Å². The molecule has 0 aliphatic carbocycles. The van der Waals surface area contributed by atoms with Gasteiger partial charge in [0, 0.05) is 29.8 Å². The Balaban J connectivity index is 2.18. The van der Waals surface area contributed by atoms with Gasteiger partial charge in [-0.2, -0.15) is 0 Å². The molecule has 1 aromatic carbocycles. The van der Waals surface area contributed by atoms with Crippen LogP contribution in [0, 0.1) is 0 Å². The van der Waals surface area contributed by atoms with Crippen molar-refractivity contribution in [2.24, 2.45) is 5.73 Å². The Bertz CT molecular complexity index is 601. The molecule has 0 bridgehead atoms. The van der Waals surface area contributed by atoms with E-state index in [1.165, 1.54) is 5.56 Å². The summed E-state index contributed by atoms with van der Waals surface area (Å²) in [5.41, 5.74) is 7.68. The van der Waals surface area contributed by atoms with E-state index in [1.807, 2.05) is 31.3 Å². The maximum Gasteiger partial charge on any atom is 0.129 e. The Kier molecular flexibility index (Phi) is 4.50. The molecule has 98 valence electrons. The van der Waals surface area contributed by atoms with Crippen LogP contribution in [0.2, 0.25) is 0 Å². The van der Waals surface area contributed by atoms with Crippen LogP contribution in [-0.4, -0.2) is 17.0 Å². The van der Waals surface area contributed by atoms with Gasteiger partial charge < -0.3 is 10.6 Å². The van der Waals surface area contributed by atoms with Crippen LogP contribution in [-0.2, 0) is 6.54 Å². The van der Waals surface area contributed by atoms with Crippen LogP contribution in [0.25, 0.3) is 0 Å². The van der Waals surface area contributed by atoms with Gasteiger partial charge in [0.1, 0.15) is 10.8 Å². The normalized spacial score (nSPS) is 10.2. The van der Waals surface area contributed by atoms with Gasteiger partial charge in [0.2, 0.25) is 0 Å². The van der Waals surface area contributed by atoms with Gasteiger partial charge in [-0.25, -0.2) is 4.98 Å². The standard InChI is InChI=1S/C14H14BrN3S/c1-18(9-10-3-2-4-12(15)7-10)13-8-11(14(16)19)5-6-17-13/h2-8H,9H2,1H3,(H2,16,19). The van der Waals surface area contributed by atoms with Crippen LogP contribution in [0.1, 0.15) is 11.1 Å². The number of halogens is 1. The molecule has 1 aromatic heterocycles.